The van der Waals surface area contributed by atoms with E-state index in [9.17, 15) is 34.5 Å². The van der Waals surface area contributed by atoms with E-state index in [1.807, 2.05) is 161 Å². The molecule has 3 aliphatic rings. The lowest BCUT2D eigenvalue weighted by Crippen LogP contribution is -2.38. The summed E-state index contributed by atoms with van der Waals surface area (Å²) in [4.78, 5) is 87.7. The number of amides is 3. The van der Waals surface area contributed by atoms with E-state index in [1.165, 1.54) is 28.1 Å². The first-order chi connectivity index (χ1) is 57.9. The van der Waals surface area contributed by atoms with Gasteiger partial charge in [-0.3, -0.25) is 23.5 Å². The van der Waals surface area contributed by atoms with E-state index in [-0.39, 0.29) is 119 Å². The van der Waals surface area contributed by atoms with Gasteiger partial charge >= 0.3 is 20.4 Å². The van der Waals surface area contributed by atoms with Crippen molar-refractivity contribution in [3.8, 4) is 34.8 Å². The molecule has 8 unspecified atom stereocenters. The van der Waals surface area contributed by atoms with E-state index in [4.69, 9.17) is 56.0 Å². The summed E-state index contributed by atoms with van der Waals surface area (Å²) in [7, 11) is 0.482. The van der Waals surface area contributed by atoms with Gasteiger partial charge in [0.05, 0.1) is 84.2 Å². The highest BCUT2D eigenvalue weighted by molar-refractivity contribution is 7.44. The Morgan fingerprint density at radius 3 is 1.84 bits per heavy atom. The maximum absolute atomic E-state index is 14.3. The topological polar surface area (TPSA) is 326 Å². The maximum Gasteiger partial charge on any atom is 0.409 e. The van der Waals surface area contributed by atoms with Crippen LogP contribution in [0.3, 0.4) is 0 Å². The molecule has 8 atom stereocenters. The van der Waals surface area contributed by atoms with E-state index >= 15 is 0 Å². The Balaban J connectivity index is 0.751. The Hall–Kier alpha value is -11.1. The molecule has 0 bridgehead atoms. The van der Waals surface area contributed by atoms with Crippen molar-refractivity contribution in [3.63, 3.8) is 0 Å². The third-order valence-corrected chi connectivity index (χ3v) is 24.2. The molecule has 13 rings (SSSR count). The number of rotatable bonds is 40. The second-order valence-electron chi connectivity index (χ2n) is 29.4. The Morgan fingerprint density at radius 1 is 0.630 bits per heavy atom. The van der Waals surface area contributed by atoms with Gasteiger partial charge in [-0.2, -0.15) is 15.5 Å². The van der Waals surface area contributed by atoms with E-state index < -0.39 is 77.3 Å². The number of methoxy groups -OCH3 is 2. The van der Waals surface area contributed by atoms with Crippen molar-refractivity contribution in [2.24, 2.45) is 0 Å². The molecule has 0 spiro atoms. The highest BCUT2D eigenvalue weighted by Crippen LogP contribution is 2.53. The molecule has 2 aliphatic heterocycles. The fourth-order valence-electron chi connectivity index (χ4n) is 15.0. The van der Waals surface area contributed by atoms with Gasteiger partial charge in [0.1, 0.15) is 66.3 Å². The summed E-state index contributed by atoms with van der Waals surface area (Å²) in [6.45, 7) is 8.00. The number of benzene rings is 7. The van der Waals surface area contributed by atoms with Crippen LogP contribution in [0.15, 0.2) is 212 Å². The molecule has 0 radical (unpaired) electrons. The molecule has 2 fully saturated rings. The average molecular weight is 1650 g/mol. The van der Waals surface area contributed by atoms with Gasteiger partial charge in [-0.05, 0) is 133 Å². The zero-order valence-corrected chi connectivity index (χ0v) is 69.1. The number of hydrogen-bond donors (Lipinski definition) is 2. The fraction of sp³-hybridized carbons (Fsp3) is 0.360. The van der Waals surface area contributed by atoms with Crippen molar-refractivity contribution in [2.75, 3.05) is 71.5 Å². The molecule has 119 heavy (non-hydrogen) atoms. The molecule has 0 saturated carbocycles. The smallest absolute Gasteiger partial charge is 0.409 e. The monoisotopic (exact) mass is 1650 g/mol. The van der Waals surface area contributed by atoms with Gasteiger partial charge in [0.2, 0.25) is 5.91 Å². The normalized spacial score (nSPS) is 17.5. The molecule has 3 aromatic heterocycles. The SMILES string of the molecule is COc1ccc(C(OCC2OC(n3cnc4c(NC(=O)CCCN(C)C(=O)OCC5c6ccccc6-c6ccccc65)ncnc43)CC2OP(OCCC#N)OCC2OC(n3ccc(NC(=O)c4ccc(CCC(=O)Cc5ccccc5)cc4)nc3=O)CC2OP(OCCC#N)N(C(C)C)C(C)C)(c2ccccc2)c2ccc(OC)cc2)cc1. The van der Waals surface area contributed by atoms with Crippen LogP contribution in [0.4, 0.5) is 16.4 Å². The Bertz CT molecular complexity index is 5130. The molecule has 30 heteroatoms. The Kier molecular flexibility index (Phi) is 29.6. The van der Waals surface area contributed by atoms with Crippen molar-refractivity contribution in [3.05, 3.63) is 262 Å². The van der Waals surface area contributed by atoms with Crippen LogP contribution < -0.4 is 25.8 Å². The third kappa shape index (κ3) is 21.2. The van der Waals surface area contributed by atoms with E-state index in [0.717, 1.165) is 50.1 Å². The molecule has 2 N–H and O–H groups in total. The third-order valence-electron chi connectivity index (χ3n) is 20.9. The van der Waals surface area contributed by atoms with Gasteiger partial charge < -0.3 is 66.6 Å². The molecule has 618 valence electrons. The Morgan fingerprint density at radius 2 is 1.22 bits per heavy atom. The molecule has 28 nitrogen and oxygen atoms in total. The summed E-state index contributed by atoms with van der Waals surface area (Å²) in [6, 6.07) is 63.4. The number of nitrogens with zero attached hydrogens (tertiary/aromatic N) is 10. The summed E-state index contributed by atoms with van der Waals surface area (Å²) in [5, 5.41) is 25.3. The Labute approximate surface area is 693 Å². The second-order valence-corrected chi connectivity index (χ2v) is 32.0. The van der Waals surface area contributed by atoms with Crippen molar-refractivity contribution in [2.45, 2.75) is 146 Å². The highest BCUT2D eigenvalue weighted by Gasteiger charge is 2.47. The van der Waals surface area contributed by atoms with Crippen LogP contribution in [0.5, 0.6) is 11.5 Å². The van der Waals surface area contributed by atoms with Crippen molar-refractivity contribution >= 4 is 63.6 Å². The van der Waals surface area contributed by atoms with Gasteiger partial charge in [-0.1, -0.05) is 146 Å². The van der Waals surface area contributed by atoms with Gasteiger partial charge in [0.25, 0.3) is 14.4 Å². The zero-order chi connectivity index (χ0) is 83.4. The number of Topliss-reactive ketones (excluding diaryl/α,β-unsaturated/α-hetero) is 1. The molecule has 3 amide bonds. The molecular weight excluding hydrogens is 1550 g/mol. The molecule has 1 aliphatic carbocycles. The van der Waals surface area contributed by atoms with Crippen LogP contribution in [0.2, 0.25) is 0 Å². The maximum atomic E-state index is 14.3. The number of ether oxygens (including phenoxy) is 6. The molecule has 10 aromatic rings. The number of fused-ring (bicyclic) bond motifs is 4. The molecule has 7 aromatic carbocycles. The number of imidazole rings is 1. The standard InChI is InChI=1S/C89H96N12O16P2/c1-59(2)101(60(3)4)118(111-49-19-45-90)116-75-52-81(99-48-44-79(96-87(99)105)95-86(104)63-33-30-61(31-34-63)32-39-67(102)51-62-21-10-8-11-22-62)115-78(75)56-113-119(112-50-20-46-91)117-76-53-82(114-77(76)55-110-89(64-23-12-9-13-24-64,65-35-40-68(107-6)41-36-65)66-37-42-69(108-7)43-38-66)100-58-94-83-84(92-57-93-85(83)100)97-80(103)29-18-47-98(5)88(106)109-54-74-72-27-16-14-25-70(72)71-26-15-17-28-73(71)74/h8-17,21-28,30-31,33-38,40-44,48,57-60,74-78,81-82H,18-20,29,32,39,47,49-56H2,1-7H3,(H,92,93,97,103)(H,95,96,104,105). The zero-order valence-electron chi connectivity index (χ0n) is 67.3. The van der Waals surface area contributed by atoms with Crippen LogP contribution in [0.25, 0.3) is 22.3 Å². The first-order valence-corrected chi connectivity index (χ1v) is 41.9. The first-order valence-electron chi connectivity index (χ1n) is 39.6. The van der Waals surface area contributed by atoms with Crippen LogP contribution >= 0.6 is 17.1 Å². The largest absolute Gasteiger partial charge is 0.497 e. The lowest BCUT2D eigenvalue weighted by atomic mass is 9.80. The van der Waals surface area contributed by atoms with Crippen LogP contribution in [0.1, 0.15) is 140 Å². The molecule has 5 heterocycles. The minimum atomic E-state index is -2.46. The predicted molar refractivity (Wildman–Crippen MR) is 447 cm³/mol. The average Bonchev–Trinajstić information content (AvgIpc) is 0.871. The predicted octanol–water partition coefficient (Wildman–Crippen LogP) is 15.5. The highest BCUT2D eigenvalue weighted by atomic mass is 31.2. The van der Waals surface area contributed by atoms with Crippen molar-refractivity contribution in [1.82, 2.24) is 38.6 Å². The van der Waals surface area contributed by atoms with E-state index in [2.05, 4.69) is 66.7 Å². The number of aryl methyl sites for hydroxylation is 1. The minimum Gasteiger partial charge on any atom is -0.497 e. The first kappa shape index (κ1) is 85.8. The quantitative estimate of drug-likeness (QED) is 0.0205. The number of anilines is 2. The fourth-order valence-corrected chi connectivity index (χ4v) is 17.9. The molecule has 2 saturated heterocycles. The summed E-state index contributed by atoms with van der Waals surface area (Å²) < 4.78 is 77.6. The van der Waals surface area contributed by atoms with Crippen LogP contribution in [-0.4, -0.2) is 160 Å². The van der Waals surface area contributed by atoms with Crippen molar-refractivity contribution in [1.29, 1.82) is 10.5 Å². The second kappa shape index (κ2) is 41.1. The van der Waals surface area contributed by atoms with Crippen LogP contribution in [0, 0.1) is 22.7 Å². The number of hydrogen-bond acceptors (Lipinski definition) is 23. The number of carbonyl (C=O) groups is 4. The summed E-state index contributed by atoms with van der Waals surface area (Å²) in [5.41, 5.74) is 7.39. The van der Waals surface area contributed by atoms with Gasteiger partial charge in [0.15, 0.2) is 17.0 Å². The summed E-state index contributed by atoms with van der Waals surface area (Å²) in [5.74, 6) is 0.510. The van der Waals surface area contributed by atoms with Gasteiger partial charge in [-0.15, -0.1) is 0 Å². The van der Waals surface area contributed by atoms with Crippen LogP contribution in [-0.2, 0) is 69.6 Å². The number of ketones is 1. The number of carbonyl (C=O) groups excluding carboxylic acids is 4. The number of aromatic nitrogens is 6. The van der Waals surface area contributed by atoms with Gasteiger partial charge in [0, 0.05) is 75.5 Å². The lowest BCUT2D eigenvalue weighted by Gasteiger charge is -2.37. The van der Waals surface area contributed by atoms with Gasteiger partial charge in [-0.25, -0.2) is 29.2 Å². The minimum absolute atomic E-state index is 0.00553. The van der Waals surface area contributed by atoms with Crippen molar-refractivity contribution < 1.29 is 70.2 Å². The molecular formula is C89H96N12O16P2. The number of nitrogens with one attached hydrogen (secondary N) is 2. The number of nitriles is 2. The summed E-state index contributed by atoms with van der Waals surface area (Å²) in [6.07, 6.45) is 0.0172. The summed E-state index contributed by atoms with van der Waals surface area (Å²) >= 11 is 0. The lowest BCUT2D eigenvalue weighted by molar-refractivity contribution is -0.118. The van der Waals surface area contributed by atoms with E-state index in [1.54, 1.807) is 56.4 Å². The van der Waals surface area contributed by atoms with E-state index in [0.29, 0.717) is 48.4 Å².